The Kier molecular flexibility index (Phi) is 8.22. The summed E-state index contributed by atoms with van der Waals surface area (Å²) in [6, 6.07) is 10.6. The molecule has 1 heteroatoms. The maximum atomic E-state index is 14.9. The Morgan fingerprint density at radius 2 is 1.62 bits per heavy atom. The minimum atomic E-state index is -0.0408. The summed E-state index contributed by atoms with van der Waals surface area (Å²) in [5, 5.41) is 1.83. The van der Waals surface area contributed by atoms with Crippen molar-refractivity contribution in [2.24, 2.45) is 17.8 Å². The van der Waals surface area contributed by atoms with E-state index in [1.165, 1.54) is 69.8 Å². The highest BCUT2D eigenvalue weighted by Crippen LogP contribution is 2.44. The normalized spacial score (nSPS) is 26.6. The predicted octanol–water partition coefficient (Wildman–Crippen LogP) is 9.53. The molecule has 0 saturated heterocycles. The van der Waals surface area contributed by atoms with Gasteiger partial charge in [0, 0.05) is 5.39 Å². The average molecular weight is 433 g/mol. The van der Waals surface area contributed by atoms with Gasteiger partial charge in [-0.2, -0.15) is 0 Å². The Balaban J connectivity index is 1.32. The lowest BCUT2D eigenvalue weighted by molar-refractivity contribution is 0.157. The van der Waals surface area contributed by atoms with E-state index < -0.39 is 0 Å². The summed E-state index contributed by atoms with van der Waals surface area (Å²) in [7, 11) is 0. The van der Waals surface area contributed by atoms with E-state index >= 15 is 0 Å². The molecule has 0 aromatic heterocycles. The van der Waals surface area contributed by atoms with Crippen LogP contribution >= 0.6 is 0 Å². The second-order valence-corrected chi connectivity index (χ2v) is 10.4. The predicted molar refractivity (Wildman–Crippen MR) is 137 cm³/mol. The van der Waals surface area contributed by atoms with Gasteiger partial charge in [-0.3, -0.25) is 0 Å². The van der Waals surface area contributed by atoms with Crippen LogP contribution in [0.15, 0.2) is 55.1 Å². The molecule has 0 nitrogen and oxygen atoms in total. The van der Waals surface area contributed by atoms with Gasteiger partial charge in [0.05, 0.1) is 0 Å². The summed E-state index contributed by atoms with van der Waals surface area (Å²) >= 11 is 0. The van der Waals surface area contributed by atoms with Crippen molar-refractivity contribution in [1.82, 2.24) is 0 Å². The monoisotopic (exact) mass is 432 g/mol. The Hall–Kier alpha value is -1.89. The SMILES string of the molecule is C=CCCc1ccc2cc(C3CCC(C4CCC(CC/C=C/C)CC4)CC3)ccc2c1F. The Morgan fingerprint density at radius 1 is 0.906 bits per heavy atom. The standard InChI is InChI=1S/C31H41F/c1-3-5-7-8-23-10-12-24(13-11-23)25-14-16-26(17-15-25)28-20-21-30-29(22-28)19-18-27(31(30)32)9-6-4-2/h3-5,18-26H,2,6-17H2,1H3/b5-3+. The quantitative estimate of drug-likeness (QED) is 0.364. The molecule has 32 heavy (non-hydrogen) atoms. The molecule has 2 fully saturated rings. The van der Waals surface area contributed by atoms with Gasteiger partial charge in [0.25, 0.3) is 0 Å². The van der Waals surface area contributed by atoms with Gasteiger partial charge in [0.2, 0.25) is 0 Å². The van der Waals surface area contributed by atoms with Gasteiger partial charge in [0.15, 0.2) is 0 Å². The van der Waals surface area contributed by atoms with E-state index in [9.17, 15) is 4.39 Å². The highest BCUT2D eigenvalue weighted by atomic mass is 19.1. The molecule has 2 aliphatic carbocycles. The van der Waals surface area contributed by atoms with E-state index in [1.54, 1.807) is 0 Å². The third-order valence-electron chi connectivity index (χ3n) is 8.45. The van der Waals surface area contributed by atoms with Crippen molar-refractivity contribution in [2.45, 2.75) is 89.9 Å². The van der Waals surface area contributed by atoms with Crippen LogP contribution in [0.25, 0.3) is 10.8 Å². The molecule has 0 radical (unpaired) electrons. The minimum absolute atomic E-state index is 0.0408. The van der Waals surface area contributed by atoms with E-state index in [2.05, 4.69) is 43.9 Å². The van der Waals surface area contributed by atoms with E-state index in [0.717, 1.165) is 46.9 Å². The van der Waals surface area contributed by atoms with Crippen LogP contribution in [0.5, 0.6) is 0 Å². The number of fused-ring (bicyclic) bond motifs is 1. The van der Waals surface area contributed by atoms with Gasteiger partial charge >= 0.3 is 0 Å². The van der Waals surface area contributed by atoms with Gasteiger partial charge < -0.3 is 0 Å². The highest BCUT2D eigenvalue weighted by molar-refractivity contribution is 5.84. The molecule has 0 atom stereocenters. The summed E-state index contributed by atoms with van der Waals surface area (Å²) in [5.41, 5.74) is 2.23. The molecule has 0 aliphatic heterocycles. The summed E-state index contributed by atoms with van der Waals surface area (Å²) in [4.78, 5) is 0. The van der Waals surface area contributed by atoms with Crippen molar-refractivity contribution in [3.8, 4) is 0 Å². The Labute approximate surface area is 195 Å². The van der Waals surface area contributed by atoms with Gasteiger partial charge in [-0.1, -0.05) is 61.4 Å². The second kappa shape index (κ2) is 11.3. The van der Waals surface area contributed by atoms with Crippen LogP contribution in [0.1, 0.15) is 94.6 Å². The van der Waals surface area contributed by atoms with E-state index in [4.69, 9.17) is 0 Å². The van der Waals surface area contributed by atoms with Crippen LogP contribution in [-0.2, 0) is 6.42 Å². The van der Waals surface area contributed by atoms with Crippen molar-refractivity contribution in [3.05, 3.63) is 72.1 Å². The number of benzene rings is 2. The first kappa shape index (κ1) is 23.3. The lowest BCUT2D eigenvalue weighted by Gasteiger charge is -2.38. The fourth-order valence-electron chi connectivity index (χ4n) is 6.43. The molecule has 2 aromatic carbocycles. The lowest BCUT2D eigenvalue weighted by Crippen LogP contribution is -2.25. The molecule has 0 unspecified atom stereocenters. The number of aryl methyl sites for hydroxylation is 1. The molecule has 0 heterocycles. The fraction of sp³-hybridized carbons (Fsp3) is 0.548. The topological polar surface area (TPSA) is 0 Å². The summed E-state index contributed by atoms with van der Waals surface area (Å²) in [6.45, 7) is 5.89. The van der Waals surface area contributed by atoms with Crippen LogP contribution in [0, 0.1) is 23.6 Å². The maximum Gasteiger partial charge on any atom is 0.134 e. The third kappa shape index (κ3) is 5.53. The minimum Gasteiger partial charge on any atom is -0.206 e. The first-order chi connectivity index (χ1) is 15.7. The molecule has 0 N–H and O–H groups in total. The van der Waals surface area contributed by atoms with Crippen molar-refractivity contribution in [2.75, 3.05) is 0 Å². The van der Waals surface area contributed by atoms with Crippen LogP contribution in [-0.4, -0.2) is 0 Å². The van der Waals surface area contributed by atoms with Gasteiger partial charge in [-0.05, 0) is 111 Å². The molecule has 2 saturated carbocycles. The molecular weight excluding hydrogens is 391 g/mol. The van der Waals surface area contributed by atoms with Crippen molar-refractivity contribution in [3.63, 3.8) is 0 Å². The highest BCUT2D eigenvalue weighted by Gasteiger charge is 2.31. The molecule has 2 aliphatic rings. The zero-order valence-corrected chi connectivity index (χ0v) is 20.0. The molecule has 0 spiro atoms. The third-order valence-corrected chi connectivity index (χ3v) is 8.45. The van der Waals surface area contributed by atoms with Crippen LogP contribution < -0.4 is 0 Å². The van der Waals surface area contributed by atoms with E-state index in [0.29, 0.717) is 5.92 Å². The fourth-order valence-corrected chi connectivity index (χ4v) is 6.43. The summed E-state index contributed by atoms with van der Waals surface area (Å²) < 4.78 is 14.9. The molecule has 2 aromatic rings. The van der Waals surface area contributed by atoms with Crippen LogP contribution in [0.4, 0.5) is 4.39 Å². The Bertz CT molecular complexity index is 907. The zero-order chi connectivity index (χ0) is 22.3. The van der Waals surface area contributed by atoms with Crippen molar-refractivity contribution in [1.29, 1.82) is 0 Å². The second-order valence-electron chi connectivity index (χ2n) is 10.4. The smallest absolute Gasteiger partial charge is 0.134 e. The van der Waals surface area contributed by atoms with Crippen LogP contribution in [0.2, 0.25) is 0 Å². The first-order valence-corrected chi connectivity index (χ1v) is 13.1. The number of halogens is 1. The number of hydrogen-bond acceptors (Lipinski definition) is 0. The number of allylic oxidation sites excluding steroid dienone is 3. The number of hydrogen-bond donors (Lipinski definition) is 0. The molecule has 4 rings (SSSR count). The molecule has 172 valence electrons. The molecule has 0 amide bonds. The molecule has 0 bridgehead atoms. The first-order valence-electron chi connectivity index (χ1n) is 13.1. The lowest BCUT2D eigenvalue weighted by atomic mass is 9.68. The van der Waals surface area contributed by atoms with Gasteiger partial charge in [-0.15, -0.1) is 6.58 Å². The zero-order valence-electron chi connectivity index (χ0n) is 20.0. The Morgan fingerprint density at radius 3 is 2.31 bits per heavy atom. The molecular formula is C31H41F. The average Bonchev–Trinajstić information content (AvgIpc) is 2.84. The number of rotatable bonds is 8. The van der Waals surface area contributed by atoms with E-state index in [-0.39, 0.29) is 5.82 Å². The summed E-state index contributed by atoms with van der Waals surface area (Å²) in [6.07, 6.45) is 21.8. The van der Waals surface area contributed by atoms with Crippen LogP contribution in [0.3, 0.4) is 0 Å². The largest absolute Gasteiger partial charge is 0.206 e. The summed E-state index contributed by atoms with van der Waals surface area (Å²) in [5.74, 6) is 3.48. The van der Waals surface area contributed by atoms with Crippen molar-refractivity contribution < 1.29 is 4.39 Å². The van der Waals surface area contributed by atoms with Gasteiger partial charge in [-0.25, -0.2) is 4.39 Å². The maximum absolute atomic E-state index is 14.9. The van der Waals surface area contributed by atoms with Crippen molar-refractivity contribution >= 4 is 10.8 Å². The van der Waals surface area contributed by atoms with Gasteiger partial charge in [0.1, 0.15) is 5.82 Å². The van der Waals surface area contributed by atoms with E-state index in [1.807, 2.05) is 18.2 Å².